The van der Waals surface area contributed by atoms with Crippen LogP contribution in [0.4, 0.5) is 5.69 Å². The molecule has 1 aliphatic rings. The van der Waals surface area contributed by atoms with Gasteiger partial charge in [-0.3, -0.25) is 20.0 Å². The number of morpholine rings is 1. The van der Waals surface area contributed by atoms with Crippen LogP contribution in [0.1, 0.15) is 32.3 Å². The van der Waals surface area contributed by atoms with Crippen molar-refractivity contribution in [2.24, 2.45) is 10.9 Å². The summed E-state index contributed by atoms with van der Waals surface area (Å²) in [7, 11) is 1.74. The zero-order chi connectivity index (χ0) is 20.4. The number of guanidine groups is 1. The smallest absolute Gasteiger partial charge is 0.269 e. The SMILES string of the molecule is CCC(CC)C(CNC(=NC)NCc1cccc([N+](=O)[O-])c1)N1CCOCC1. The van der Waals surface area contributed by atoms with Crippen LogP contribution in [0, 0.1) is 16.0 Å². The predicted octanol–water partition coefficient (Wildman–Crippen LogP) is 2.40. The van der Waals surface area contributed by atoms with Crippen LogP contribution >= 0.6 is 0 Å². The molecule has 1 fully saturated rings. The van der Waals surface area contributed by atoms with E-state index in [1.54, 1.807) is 19.2 Å². The van der Waals surface area contributed by atoms with Gasteiger partial charge in [-0.25, -0.2) is 0 Å². The number of hydrogen-bond donors (Lipinski definition) is 2. The third kappa shape index (κ3) is 6.45. The summed E-state index contributed by atoms with van der Waals surface area (Å²) in [6.45, 7) is 9.28. The standard InChI is InChI=1S/C20H33N5O3/c1-4-17(5-2)19(24-9-11-28-12-10-24)15-23-20(21-3)22-14-16-7-6-8-18(13-16)25(26)27/h6-8,13,17,19H,4-5,9-12,14-15H2,1-3H3,(H2,21,22,23). The highest BCUT2D eigenvalue weighted by Crippen LogP contribution is 2.19. The molecule has 2 rings (SSSR count). The van der Waals surface area contributed by atoms with Crippen molar-refractivity contribution in [2.45, 2.75) is 39.3 Å². The topological polar surface area (TPSA) is 92.0 Å². The molecule has 1 heterocycles. The van der Waals surface area contributed by atoms with Crippen molar-refractivity contribution < 1.29 is 9.66 Å². The first-order valence-electron chi connectivity index (χ1n) is 10.1. The van der Waals surface area contributed by atoms with Crippen LogP contribution < -0.4 is 10.6 Å². The average molecular weight is 392 g/mol. The molecule has 2 N–H and O–H groups in total. The van der Waals surface area contributed by atoms with E-state index < -0.39 is 0 Å². The Morgan fingerprint density at radius 3 is 2.61 bits per heavy atom. The van der Waals surface area contributed by atoms with Gasteiger partial charge in [-0.2, -0.15) is 0 Å². The van der Waals surface area contributed by atoms with Gasteiger partial charge in [-0.15, -0.1) is 0 Å². The van der Waals surface area contributed by atoms with Crippen molar-refractivity contribution >= 4 is 11.6 Å². The Morgan fingerprint density at radius 2 is 2.00 bits per heavy atom. The molecule has 156 valence electrons. The molecule has 1 aromatic rings. The molecule has 0 amide bonds. The second kappa shape index (κ2) is 11.6. The monoisotopic (exact) mass is 391 g/mol. The number of hydrogen-bond acceptors (Lipinski definition) is 5. The van der Waals surface area contributed by atoms with Gasteiger partial charge >= 0.3 is 0 Å². The molecule has 1 unspecified atom stereocenters. The number of nitrogens with zero attached hydrogens (tertiary/aromatic N) is 3. The lowest BCUT2D eigenvalue weighted by Gasteiger charge is -2.39. The third-order valence-electron chi connectivity index (χ3n) is 5.39. The molecule has 1 aromatic carbocycles. The largest absolute Gasteiger partial charge is 0.379 e. The maximum atomic E-state index is 10.9. The molecule has 0 radical (unpaired) electrons. The van der Waals surface area contributed by atoms with E-state index in [1.165, 1.54) is 6.07 Å². The molecular formula is C20H33N5O3. The maximum Gasteiger partial charge on any atom is 0.269 e. The van der Waals surface area contributed by atoms with Gasteiger partial charge in [0.15, 0.2) is 5.96 Å². The van der Waals surface area contributed by atoms with Crippen LogP contribution in [0.3, 0.4) is 0 Å². The molecule has 8 nitrogen and oxygen atoms in total. The van der Waals surface area contributed by atoms with Gasteiger partial charge in [0, 0.05) is 51.4 Å². The van der Waals surface area contributed by atoms with Crippen molar-refractivity contribution in [1.29, 1.82) is 0 Å². The lowest BCUT2D eigenvalue weighted by Crippen LogP contribution is -2.53. The molecular weight excluding hydrogens is 358 g/mol. The van der Waals surface area contributed by atoms with E-state index in [0.29, 0.717) is 24.5 Å². The Kier molecular flexibility index (Phi) is 9.16. The highest BCUT2D eigenvalue weighted by molar-refractivity contribution is 5.79. The van der Waals surface area contributed by atoms with Crippen LogP contribution in [-0.2, 0) is 11.3 Å². The van der Waals surface area contributed by atoms with Crippen molar-refractivity contribution in [3.63, 3.8) is 0 Å². The fraction of sp³-hybridized carbons (Fsp3) is 0.650. The van der Waals surface area contributed by atoms with Gasteiger partial charge < -0.3 is 15.4 Å². The second-order valence-electron chi connectivity index (χ2n) is 7.03. The Hall–Kier alpha value is -2.19. The molecule has 0 spiro atoms. The summed E-state index contributed by atoms with van der Waals surface area (Å²) in [4.78, 5) is 17.4. The van der Waals surface area contributed by atoms with Crippen LogP contribution in [0.15, 0.2) is 29.3 Å². The van der Waals surface area contributed by atoms with Crippen LogP contribution in [0.25, 0.3) is 0 Å². The Balaban J connectivity index is 1.94. The van der Waals surface area contributed by atoms with Gasteiger partial charge in [-0.1, -0.05) is 38.8 Å². The lowest BCUT2D eigenvalue weighted by molar-refractivity contribution is -0.384. The van der Waals surface area contributed by atoms with E-state index in [4.69, 9.17) is 4.74 Å². The molecule has 0 bridgehead atoms. The van der Waals surface area contributed by atoms with Crippen molar-refractivity contribution in [1.82, 2.24) is 15.5 Å². The minimum atomic E-state index is -0.376. The molecule has 1 aliphatic heterocycles. The quantitative estimate of drug-likeness (QED) is 0.291. The number of rotatable bonds is 9. The fourth-order valence-corrected chi connectivity index (χ4v) is 3.72. The summed E-state index contributed by atoms with van der Waals surface area (Å²) in [6.07, 6.45) is 2.28. The first-order valence-corrected chi connectivity index (χ1v) is 10.1. The fourth-order valence-electron chi connectivity index (χ4n) is 3.72. The minimum absolute atomic E-state index is 0.100. The molecule has 1 saturated heterocycles. The number of benzene rings is 1. The van der Waals surface area contributed by atoms with E-state index in [9.17, 15) is 10.1 Å². The lowest BCUT2D eigenvalue weighted by atomic mass is 9.92. The Morgan fingerprint density at radius 1 is 1.29 bits per heavy atom. The van der Waals surface area contributed by atoms with Crippen molar-refractivity contribution in [3.05, 3.63) is 39.9 Å². The van der Waals surface area contributed by atoms with E-state index >= 15 is 0 Å². The number of ether oxygens (including phenoxy) is 1. The van der Waals surface area contributed by atoms with Gasteiger partial charge in [0.2, 0.25) is 0 Å². The molecule has 0 aromatic heterocycles. The first-order chi connectivity index (χ1) is 13.6. The summed E-state index contributed by atoms with van der Waals surface area (Å²) in [5.74, 6) is 1.32. The molecule has 1 atom stereocenters. The van der Waals surface area contributed by atoms with Crippen LogP contribution in [-0.4, -0.2) is 61.7 Å². The van der Waals surface area contributed by atoms with Crippen molar-refractivity contribution in [2.75, 3.05) is 39.9 Å². The van der Waals surface area contributed by atoms with E-state index in [1.807, 2.05) is 6.07 Å². The molecule has 0 saturated carbocycles. The van der Waals surface area contributed by atoms with E-state index in [2.05, 4.69) is 34.4 Å². The molecule has 0 aliphatic carbocycles. The van der Waals surface area contributed by atoms with Gasteiger partial charge in [0.1, 0.15) is 0 Å². The minimum Gasteiger partial charge on any atom is -0.379 e. The third-order valence-corrected chi connectivity index (χ3v) is 5.39. The Labute approximate surface area is 167 Å². The predicted molar refractivity (Wildman–Crippen MR) is 112 cm³/mol. The van der Waals surface area contributed by atoms with Crippen LogP contribution in [0.5, 0.6) is 0 Å². The highest BCUT2D eigenvalue weighted by atomic mass is 16.6. The van der Waals surface area contributed by atoms with E-state index in [0.717, 1.165) is 51.3 Å². The van der Waals surface area contributed by atoms with Gasteiger partial charge in [0.25, 0.3) is 5.69 Å². The van der Waals surface area contributed by atoms with Crippen LogP contribution in [0.2, 0.25) is 0 Å². The van der Waals surface area contributed by atoms with Gasteiger partial charge in [-0.05, 0) is 11.5 Å². The Bertz CT molecular complexity index is 642. The number of nitro benzene ring substituents is 1. The average Bonchev–Trinajstić information content (AvgIpc) is 2.74. The summed E-state index contributed by atoms with van der Waals surface area (Å²) < 4.78 is 5.51. The zero-order valence-electron chi connectivity index (χ0n) is 17.2. The second-order valence-corrected chi connectivity index (χ2v) is 7.03. The number of non-ortho nitro benzene ring substituents is 1. The van der Waals surface area contributed by atoms with Gasteiger partial charge in [0.05, 0.1) is 18.1 Å². The first kappa shape index (κ1) is 22.1. The normalized spacial score (nSPS) is 16.8. The summed E-state index contributed by atoms with van der Waals surface area (Å²) in [5.41, 5.74) is 0.949. The highest BCUT2D eigenvalue weighted by Gasteiger charge is 2.27. The maximum absolute atomic E-state index is 10.9. The summed E-state index contributed by atoms with van der Waals surface area (Å²) in [5, 5.41) is 17.6. The summed E-state index contributed by atoms with van der Waals surface area (Å²) in [6, 6.07) is 7.08. The summed E-state index contributed by atoms with van der Waals surface area (Å²) >= 11 is 0. The molecule has 8 heteroatoms. The van der Waals surface area contributed by atoms with Crippen molar-refractivity contribution in [3.8, 4) is 0 Å². The zero-order valence-corrected chi connectivity index (χ0v) is 17.2. The molecule has 28 heavy (non-hydrogen) atoms. The number of nitrogens with one attached hydrogen (secondary N) is 2. The van der Waals surface area contributed by atoms with E-state index in [-0.39, 0.29) is 10.6 Å². The number of nitro groups is 1. The number of aliphatic imine (C=N–C) groups is 1.